The maximum absolute atomic E-state index is 11.7. The van der Waals surface area contributed by atoms with Crippen LogP contribution < -0.4 is 21.7 Å². The molecule has 0 radical (unpaired) electrons. The topological polar surface area (TPSA) is 131 Å². The summed E-state index contributed by atoms with van der Waals surface area (Å²) >= 11 is 0. The highest BCUT2D eigenvalue weighted by atomic mass is 16.5. The van der Waals surface area contributed by atoms with Gasteiger partial charge in [0.2, 0.25) is 5.95 Å². The lowest BCUT2D eigenvalue weighted by Crippen LogP contribution is -2.21. The van der Waals surface area contributed by atoms with Crippen LogP contribution in [-0.2, 0) is 4.74 Å². The Bertz CT molecular complexity index is 851. The number of hydrogen-bond acceptors (Lipinski definition) is 7. The molecule has 1 saturated carbocycles. The van der Waals surface area contributed by atoms with Crippen LogP contribution in [0.5, 0.6) is 0 Å². The molecule has 0 aliphatic heterocycles. The SMILES string of the molecule is CCOC(=O)Nc1cccc(Nc2ncc(C(N)=O)c(NC3CCCC3)n2)c1. The zero-order valence-corrected chi connectivity index (χ0v) is 15.7. The first-order chi connectivity index (χ1) is 13.5. The van der Waals surface area contributed by atoms with E-state index < -0.39 is 12.0 Å². The van der Waals surface area contributed by atoms with Crippen LogP contribution in [0.15, 0.2) is 30.5 Å². The van der Waals surface area contributed by atoms with Crippen molar-refractivity contribution in [2.24, 2.45) is 5.73 Å². The van der Waals surface area contributed by atoms with Crippen molar-refractivity contribution in [1.82, 2.24) is 9.97 Å². The van der Waals surface area contributed by atoms with E-state index in [0.29, 0.717) is 29.7 Å². The van der Waals surface area contributed by atoms with Gasteiger partial charge in [0.1, 0.15) is 5.82 Å². The number of hydrogen-bond donors (Lipinski definition) is 4. The first-order valence-electron chi connectivity index (χ1n) is 9.29. The van der Waals surface area contributed by atoms with Gasteiger partial charge in [-0.15, -0.1) is 0 Å². The molecule has 1 aliphatic carbocycles. The van der Waals surface area contributed by atoms with E-state index in [1.54, 1.807) is 25.1 Å². The standard InChI is InChI=1S/C19H24N6O3/c1-2-28-19(27)24-14-9-5-8-13(10-14)23-18-21-11-15(16(20)26)17(25-18)22-12-6-3-4-7-12/h5,8-12H,2-4,6-7H2,1H3,(H2,20,26)(H,24,27)(H2,21,22,23,25). The summed E-state index contributed by atoms with van der Waals surface area (Å²) in [6.07, 6.45) is 5.26. The number of benzene rings is 1. The van der Waals surface area contributed by atoms with Crippen LogP contribution in [0.2, 0.25) is 0 Å². The normalized spacial score (nSPS) is 13.8. The summed E-state index contributed by atoms with van der Waals surface area (Å²) in [6.45, 7) is 2.03. The molecule has 0 spiro atoms. The molecular formula is C19H24N6O3. The van der Waals surface area contributed by atoms with Gasteiger partial charge in [-0.3, -0.25) is 10.1 Å². The number of nitrogens with zero attached hydrogens (tertiary/aromatic N) is 2. The number of nitrogens with two attached hydrogens (primary N) is 1. The smallest absolute Gasteiger partial charge is 0.411 e. The molecule has 0 unspecified atom stereocenters. The Morgan fingerprint density at radius 3 is 2.71 bits per heavy atom. The van der Waals surface area contributed by atoms with E-state index in [9.17, 15) is 9.59 Å². The summed E-state index contributed by atoms with van der Waals surface area (Å²) in [6, 6.07) is 7.34. The Hall–Kier alpha value is -3.36. The molecule has 28 heavy (non-hydrogen) atoms. The Labute approximate surface area is 163 Å². The van der Waals surface area contributed by atoms with E-state index in [4.69, 9.17) is 10.5 Å². The zero-order chi connectivity index (χ0) is 19.9. The van der Waals surface area contributed by atoms with Crippen LogP contribution in [0, 0.1) is 0 Å². The summed E-state index contributed by atoms with van der Waals surface area (Å²) in [5, 5.41) is 9.01. The summed E-state index contributed by atoms with van der Waals surface area (Å²) in [5.41, 5.74) is 6.96. The summed E-state index contributed by atoms with van der Waals surface area (Å²) < 4.78 is 4.87. The maximum atomic E-state index is 11.7. The summed E-state index contributed by atoms with van der Waals surface area (Å²) in [4.78, 5) is 31.9. The minimum Gasteiger partial charge on any atom is -0.450 e. The highest BCUT2D eigenvalue weighted by Crippen LogP contribution is 2.25. The molecular weight excluding hydrogens is 360 g/mol. The van der Waals surface area contributed by atoms with Crippen molar-refractivity contribution in [1.29, 1.82) is 0 Å². The van der Waals surface area contributed by atoms with Crippen LogP contribution in [0.4, 0.5) is 27.9 Å². The molecule has 9 nitrogen and oxygen atoms in total. The minimum absolute atomic E-state index is 0.259. The number of primary amides is 1. The fraction of sp³-hybridized carbons (Fsp3) is 0.368. The lowest BCUT2D eigenvalue weighted by atomic mass is 10.2. The van der Waals surface area contributed by atoms with Crippen molar-refractivity contribution >= 4 is 35.1 Å². The molecule has 2 amide bonds. The highest BCUT2D eigenvalue weighted by molar-refractivity contribution is 5.97. The van der Waals surface area contributed by atoms with Crippen molar-refractivity contribution in [2.75, 3.05) is 22.6 Å². The number of carbonyl (C=O) groups excluding carboxylic acids is 2. The van der Waals surface area contributed by atoms with Crippen LogP contribution in [0.25, 0.3) is 0 Å². The second kappa shape index (κ2) is 9.03. The first kappa shape index (κ1) is 19.4. The van der Waals surface area contributed by atoms with Gasteiger partial charge in [-0.05, 0) is 38.0 Å². The molecule has 3 rings (SSSR count). The quantitative estimate of drug-likeness (QED) is 0.576. The number of rotatable bonds is 7. The predicted molar refractivity (Wildman–Crippen MR) is 107 cm³/mol. The molecule has 0 atom stereocenters. The molecule has 1 aromatic heterocycles. The molecule has 1 heterocycles. The molecule has 5 N–H and O–H groups in total. The van der Waals surface area contributed by atoms with Gasteiger partial charge in [-0.25, -0.2) is 9.78 Å². The number of anilines is 4. The van der Waals surface area contributed by atoms with Gasteiger partial charge in [-0.2, -0.15) is 4.98 Å². The van der Waals surface area contributed by atoms with Gasteiger partial charge in [0.15, 0.2) is 0 Å². The second-order valence-corrected chi connectivity index (χ2v) is 6.50. The Kier molecular flexibility index (Phi) is 6.25. The lowest BCUT2D eigenvalue weighted by Gasteiger charge is -2.16. The first-order valence-corrected chi connectivity index (χ1v) is 9.29. The van der Waals surface area contributed by atoms with E-state index in [1.165, 1.54) is 6.20 Å². The Morgan fingerprint density at radius 2 is 2.00 bits per heavy atom. The van der Waals surface area contributed by atoms with E-state index in [0.717, 1.165) is 25.7 Å². The van der Waals surface area contributed by atoms with Crippen molar-refractivity contribution in [3.63, 3.8) is 0 Å². The summed E-state index contributed by atoms with van der Waals surface area (Å²) in [7, 11) is 0. The molecule has 2 aromatic rings. The Balaban J connectivity index is 1.76. The fourth-order valence-corrected chi connectivity index (χ4v) is 3.08. The van der Waals surface area contributed by atoms with Crippen LogP contribution in [0.3, 0.4) is 0 Å². The number of aromatic nitrogens is 2. The fourth-order valence-electron chi connectivity index (χ4n) is 3.08. The molecule has 1 aromatic carbocycles. The van der Waals surface area contributed by atoms with Crippen molar-refractivity contribution in [3.8, 4) is 0 Å². The van der Waals surface area contributed by atoms with Gasteiger partial charge in [0.05, 0.1) is 12.2 Å². The van der Waals surface area contributed by atoms with Crippen LogP contribution in [0.1, 0.15) is 43.0 Å². The third-order valence-corrected chi connectivity index (χ3v) is 4.39. The molecule has 0 saturated heterocycles. The van der Waals surface area contributed by atoms with Gasteiger partial charge in [0.25, 0.3) is 5.91 Å². The number of nitrogens with one attached hydrogen (secondary N) is 3. The lowest BCUT2D eigenvalue weighted by molar-refractivity contribution is 0.100. The third-order valence-electron chi connectivity index (χ3n) is 4.39. The average molecular weight is 384 g/mol. The monoisotopic (exact) mass is 384 g/mol. The van der Waals surface area contributed by atoms with Crippen molar-refractivity contribution < 1.29 is 14.3 Å². The van der Waals surface area contributed by atoms with E-state index in [1.807, 2.05) is 6.07 Å². The van der Waals surface area contributed by atoms with E-state index >= 15 is 0 Å². The van der Waals surface area contributed by atoms with Gasteiger partial charge in [-0.1, -0.05) is 18.9 Å². The van der Waals surface area contributed by atoms with Crippen LogP contribution >= 0.6 is 0 Å². The van der Waals surface area contributed by atoms with Crippen molar-refractivity contribution in [3.05, 3.63) is 36.0 Å². The van der Waals surface area contributed by atoms with Gasteiger partial charge >= 0.3 is 6.09 Å². The van der Waals surface area contributed by atoms with E-state index in [2.05, 4.69) is 25.9 Å². The third kappa shape index (κ3) is 5.09. The minimum atomic E-state index is -0.576. The highest BCUT2D eigenvalue weighted by Gasteiger charge is 2.19. The molecule has 1 aliphatic rings. The largest absolute Gasteiger partial charge is 0.450 e. The summed E-state index contributed by atoms with van der Waals surface area (Å²) in [5.74, 6) is 0.171. The maximum Gasteiger partial charge on any atom is 0.411 e. The number of carbonyl (C=O) groups is 2. The average Bonchev–Trinajstić information content (AvgIpc) is 3.15. The Morgan fingerprint density at radius 1 is 1.25 bits per heavy atom. The number of ether oxygens (including phenoxy) is 1. The molecule has 148 valence electrons. The van der Waals surface area contributed by atoms with Gasteiger partial charge in [0, 0.05) is 23.6 Å². The van der Waals surface area contributed by atoms with Crippen molar-refractivity contribution in [2.45, 2.75) is 38.6 Å². The molecule has 1 fully saturated rings. The molecule has 9 heteroatoms. The van der Waals surface area contributed by atoms with Crippen LogP contribution in [-0.4, -0.2) is 34.6 Å². The predicted octanol–water partition coefficient (Wildman–Crippen LogP) is 3.24. The number of amides is 2. The van der Waals surface area contributed by atoms with Gasteiger partial charge < -0.3 is 21.1 Å². The molecule has 0 bridgehead atoms. The second-order valence-electron chi connectivity index (χ2n) is 6.50. The zero-order valence-electron chi connectivity index (χ0n) is 15.7. The van der Waals surface area contributed by atoms with E-state index in [-0.39, 0.29) is 11.6 Å².